The summed E-state index contributed by atoms with van der Waals surface area (Å²) in [5.41, 5.74) is 5.98. The summed E-state index contributed by atoms with van der Waals surface area (Å²) < 4.78 is 5.51. The molecule has 4 aliphatic rings. The maximum absolute atomic E-state index is 12.2. The molecule has 1 aromatic rings. The van der Waals surface area contributed by atoms with E-state index < -0.39 is 5.91 Å². The molecule has 0 spiro atoms. The number of ether oxygens (including phenoxy) is 1. The SMILES string of the molecule is NC(=O)c1ccc(OCC(=O)NCC23CC4CC(CC(C4)C2)C3)cc1. The summed E-state index contributed by atoms with van der Waals surface area (Å²) in [6.07, 6.45) is 8.10. The van der Waals surface area contributed by atoms with Gasteiger partial charge < -0.3 is 15.8 Å². The molecule has 2 amide bonds. The average Bonchev–Trinajstić information content (AvgIpc) is 2.57. The molecule has 134 valence electrons. The van der Waals surface area contributed by atoms with Gasteiger partial charge in [-0.05, 0) is 86.0 Å². The molecule has 0 aromatic heterocycles. The van der Waals surface area contributed by atoms with Crippen LogP contribution in [0.1, 0.15) is 48.9 Å². The molecular formula is C20H26N2O3. The van der Waals surface area contributed by atoms with Gasteiger partial charge in [-0.3, -0.25) is 9.59 Å². The Labute approximate surface area is 148 Å². The molecule has 4 aliphatic carbocycles. The molecule has 0 aliphatic heterocycles. The van der Waals surface area contributed by atoms with E-state index in [1.807, 2.05) is 0 Å². The molecule has 0 radical (unpaired) electrons. The lowest BCUT2D eigenvalue weighted by Crippen LogP contribution is -2.51. The van der Waals surface area contributed by atoms with Crippen LogP contribution in [-0.2, 0) is 4.79 Å². The van der Waals surface area contributed by atoms with Crippen LogP contribution in [0.25, 0.3) is 0 Å². The number of nitrogens with one attached hydrogen (secondary N) is 1. The minimum atomic E-state index is -0.472. The molecule has 5 nitrogen and oxygen atoms in total. The first-order valence-corrected chi connectivity index (χ1v) is 9.31. The smallest absolute Gasteiger partial charge is 0.257 e. The number of primary amides is 1. The van der Waals surface area contributed by atoms with E-state index >= 15 is 0 Å². The third kappa shape index (κ3) is 3.51. The first kappa shape index (κ1) is 16.4. The molecule has 4 saturated carbocycles. The number of carbonyl (C=O) groups excluding carboxylic acids is 2. The largest absolute Gasteiger partial charge is 0.484 e. The quantitative estimate of drug-likeness (QED) is 0.833. The zero-order valence-electron chi connectivity index (χ0n) is 14.5. The molecular weight excluding hydrogens is 316 g/mol. The van der Waals surface area contributed by atoms with Crippen LogP contribution in [0, 0.1) is 23.2 Å². The molecule has 5 rings (SSSR count). The highest BCUT2D eigenvalue weighted by Gasteiger charge is 2.50. The highest BCUT2D eigenvalue weighted by atomic mass is 16.5. The Morgan fingerprint density at radius 1 is 1.04 bits per heavy atom. The number of rotatable bonds is 6. The molecule has 4 bridgehead atoms. The molecule has 25 heavy (non-hydrogen) atoms. The van der Waals surface area contributed by atoms with Crippen molar-refractivity contribution in [3.8, 4) is 5.75 Å². The summed E-state index contributed by atoms with van der Waals surface area (Å²) in [6, 6.07) is 6.52. The number of benzene rings is 1. The van der Waals surface area contributed by atoms with Crippen LogP contribution in [0.3, 0.4) is 0 Å². The number of amides is 2. The van der Waals surface area contributed by atoms with Crippen molar-refractivity contribution in [2.45, 2.75) is 38.5 Å². The number of carbonyl (C=O) groups is 2. The fourth-order valence-electron chi connectivity index (χ4n) is 5.71. The molecule has 0 atom stereocenters. The van der Waals surface area contributed by atoms with E-state index in [1.54, 1.807) is 24.3 Å². The average molecular weight is 342 g/mol. The van der Waals surface area contributed by atoms with Gasteiger partial charge in [-0.1, -0.05) is 0 Å². The molecule has 3 N–H and O–H groups in total. The normalized spacial score (nSPS) is 32.4. The van der Waals surface area contributed by atoms with Gasteiger partial charge in [0.25, 0.3) is 5.91 Å². The van der Waals surface area contributed by atoms with Crippen LogP contribution >= 0.6 is 0 Å². The van der Waals surface area contributed by atoms with Crippen LogP contribution in [-0.4, -0.2) is 25.0 Å². The van der Waals surface area contributed by atoms with Crippen molar-refractivity contribution in [2.24, 2.45) is 28.9 Å². The molecule has 5 heteroatoms. The summed E-state index contributed by atoms with van der Waals surface area (Å²) >= 11 is 0. The van der Waals surface area contributed by atoms with E-state index in [0.29, 0.717) is 16.7 Å². The van der Waals surface area contributed by atoms with Gasteiger partial charge in [0.15, 0.2) is 6.61 Å². The fraction of sp³-hybridized carbons (Fsp3) is 0.600. The maximum Gasteiger partial charge on any atom is 0.257 e. The highest BCUT2D eigenvalue weighted by Crippen LogP contribution is 2.59. The van der Waals surface area contributed by atoms with E-state index in [2.05, 4.69) is 5.32 Å². The molecule has 0 heterocycles. The summed E-state index contributed by atoms with van der Waals surface area (Å²) in [4.78, 5) is 23.2. The van der Waals surface area contributed by atoms with Crippen molar-refractivity contribution in [2.75, 3.05) is 13.2 Å². The summed E-state index contributed by atoms with van der Waals surface area (Å²) in [5, 5.41) is 3.10. The second-order valence-corrected chi connectivity index (χ2v) is 8.37. The Morgan fingerprint density at radius 2 is 1.60 bits per heavy atom. The third-order valence-electron chi connectivity index (χ3n) is 6.33. The minimum Gasteiger partial charge on any atom is -0.484 e. The van der Waals surface area contributed by atoms with Gasteiger partial charge in [-0.2, -0.15) is 0 Å². The Kier molecular flexibility index (Phi) is 4.18. The van der Waals surface area contributed by atoms with Crippen molar-refractivity contribution < 1.29 is 14.3 Å². The van der Waals surface area contributed by atoms with Gasteiger partial charge >= 0.3 is 0 Å². The molecule has 0 saturated heterocycles. The van der Waals surface area contributed by atoms with Crippen molar-refractivity contribution in [3.63, 3.8) is 0 Å². The van der Waals surface area contributed by atoms with Gasteiger partial charge in [0.2, 0.25) is 5.91 Å². The monoisotopic (exact) mass is 342 g/mol. The second kappa shape index (κ2) is 6.36. The first-order chi connectivity index (χ1) is 12.0. The predicted molar refractivity (Wildman–Crippen MR) is 94.1 cm³/mol. The zero-order valence-corrected chi connectivity index (χ0v) is 14.5. The van der Waals surface area contributed by atoms with E-state index in [1.165, 1.54) is 38.5 Å². The Hall–Kier alpha value is -2.04. The fourth-order valence-corrected chi connectivity index (χ4v) is 5.71. The van der Waals surface area contributed by atoms with Crippen LogP contribution in [0.15, 0.2) is 24.3 Å². The van der Waals surface area contributed by atoms with Crippen LogP contribution in [0.4, 0.5) is 0 Å². The van der Waals surface area contributed by atoms with Crippen molar-refractivity contribution in [1.29, 1.82) is 0 Å². The van der Waals surface area contributed by atoms with Crippen LogP contribution in [0.5, 0.6) is 5.75 Å². The first-order valence-electron chi connectivity index (χ1n) is 9.31. The van der Waals surface area contributed by atoms with Crippen LogP contribution < -0.4 is 15.8 Å². The van der Waals surface area contributed by atoms with E-state index in [9.17, 15) is 9.59 Å². The topological polar surface area (TPSA) is 81.4 Å². The predicted octanol–water partition coefficient (Wildman–Crippen LogP) is 2.50. The lowest BCUT2D eigenvalue weighted by Gasteiger charge is -2.56. The summed E-state index contributed by atoms with van der Waals surface area (Å²) in [5.74, 6) is 2.69. The Morgan fingerprint density at radius 3 is 2.12 bits per heavy atom. The van der Waals surface area contributed by atoms with Gasteiger partial charge in [0, 0.05) is 12.1 Å². The minimum absolute atomic E-state index is 0.00227. The van der Waals surface area contributed by atoms with E-state index in [0.717, 1.165) is 24.3 Å². The van der Waals surface area contributed by atoms with Gasteiger partial charge in [0.1, 0.15) is 5.75 Å². The van der Waals surface area contributed by atoms with E-state index in [4.69, 9.17) is 10.5 Å². The van der Waals surface area contributed by atoms with Crippen molar-refractivity contribution >= 4 is 11.8 Å². The van der Waals surface area contributed by atoms with Crippen molar-refractivity contribution in [3.05, 3.63) is 29.8 Å². The van der Waals surface area contributed by atoms with Gasteiger partial charge in [-0.15, -0.1) is 0 Å². The zero-order chi connectivity index (χ0) is 17.4. The highest BCUT2D eigenvalue weighted by molar-refractivity contribution is 5.92. The van der Waals surface area contributed by atoms with Crippen molar-refractivity contribution in [1.82, 2.24) is 5.32 Å². The maximum atomic E-state index is 12.2. The summed E-state index contributed by atoms with van der Waals surface area (Å²) in [6.45, 7) is 0.793. The number of hydrogen-bond donors (Lipinski definition) is 2. The number of hydrogen-bond acceptors (Lipinski definition) is 3. The van der Waals surface area contributed by atoms with Gasteiger partial charge in [0.05, 0.1) is 0 Å². The summed E-state index contributed by atoms with van der Waals surface area (Å²) in [7, 11) is 0. The standard InChI is InChI=1S/C20H26N2O3/c21-19(24)16-1-3-17(4-2-16)25-11-18(23)22-12-20-8-13-5-14(9-20)7-15(6-13)10-20/h1-4,13-15H,5-12H2,(H2,21,24)(H,22,23). The number of nitrogens with two attached hydrogens (primary N) is 1. The Balaban J connectivity index is 1.26. The van der Waals surface area contributed by atoms with E-state index in [-0.39, 0.29) is 12.5 Å². The molecule has 0 unspecified atom stereocenters. The lowest BCUT2D eigenvalue weighted by molar-refractivity contribution is -0.125. The van der Waals surface area contributed by atoms with Crippen LogP contribution in [0.2, 0.25) is 0 Å². The molecule has 4 fully saturated rings. The van der Waals surface area contributed by atoms with Gasteiger partial charge in [-0.25, -0.2) is 0 Å². The third-order valence-corrected chi connectivity index (χ3v) is 6.33. The Bertz CT molecular complexity index is 633. The second-order valence-electron chi connectivity index (χ2n) is 8.37. The lowest BCUT2D eigenvalue weighted by atomic mass is 9.49. The molecule has 1 aromatic carbocycles.